The van der Waals surface area contributed by atoms with Gasteiger partial charge in [0.05, 0.1) is 12.2 Å². The van der Waals surface area contributed by atoms with Crippen LogP contribution in [0.1, 0.15) is 21.8 Å². The molecule has 1 fully saturated rings. The molecule has 0 radical (unpaired) electrons. The monoisotopic (exact) mass is 314 g/mol. The molecule has 0 unspecified atom stereocenters. The summed E-state index contributed by atoms with van der Waals surface area (Å²) >= 11 is 0. The van der Waals surface area contributed by atoms with Crippen molar-refractivity contribution >= 4 is 5.91 Å². The van der Waals surface area contributed by atoms with Crippen molar-refractivity contribution in [3.8, 4) is 0 Å². The van der Waals surface area contributed by atoms with E-state index in [1.54, 1.807) is 12.1 Å². The number of rotatable bonds is 5. The Morgan fingerprint density at radius 2 is 1.78 bits per heavy atom. The zero-order chi connectivity index (χ0) is 16.2. The number of nitrogens with one attached hydrogen (secondary N) is 2. The minimum absolute atomic E-state index is 0.0188. The van der Waals surface area contributed by atoms with Crippen LogP contribution in [0.5, 0.6) is 0 Å². The van der Waals surface area contributed by atoms with Gasteiger partial charge in [-0.1, -0.05) is 42.5 Å². The normalized spacial score (nSPS) is 23.1. The van der Waals surface area contributed by atoms with Crippen molar-refractivity contribution in [3.05, 3.63) is 71.5 Å². The lowest BCUT2D eigenvalue weighted by atomic mass is 9.77. The summed E-state index contributed by atoms with van der Waals surface area (Å²) in [6.45, 7) is 0.417. The number of benzene rings is 2. The first-order chi connectivity index (χ1) is 11.2. The number of aliphatic hydroxyl groups excluding tert-OH is 1. The third kappa shape index (κ3) is 3.25. The summed E-state index contributed by atoms with van der Waals surface area (Å²) in [6.07, 6.45) is 0. The molecule has 0 saturated carbocycles. The molecule has 2 aromatic rings. The van der Waals surface area contributed by atoms with Crippen LogP contribution in [-0.2, 0) is 0 Å². The van der Waals surface area contributed by atoms with Crippen LogP contribution in [0.2, 0.25) is 0 Å². The average molecular weight is 314 g/mol. The molecule has 4 nitrogen and oxygen atoms in total. The van der Waals surface area contributed by atoms with E-state index in [0.29, 0.717) is 6.54 Å². The zero-order valence-corrected chi connectivity index (χ0v) is 12.6. The molecule has 1 amide bonds. The van der Waals surface area contributed by atoms with E-state index in [2.05, 4.69) is 10.6 Å². The third-order valence-electron chi connectivity index (χ3n) is 4.28. The van der Waals surface area contributed by atoms with Gasteiger partial charge in [0.2, 0.25) is 0 Å². The van der Waals surface area contributed by atoms with E-state index < -0.39 is 11.7 Å². The molecular formula is C18H19FN2O2. The van der Waals surface area contributed by atoms with Crippen molar-refractivity contribution < 1.29 is 14.3 Å². The molecule has 1 saturated heterocycles. The van der Waals surface area contributed by atoms with Gasteiger partial charge in [0.25, 0.3) is 5.91 Å². The van der Waals surface area contributed by atoms with E-state index in [4.69, 9.17) is 0 Å². The fourth-order valence-electron chi connectivity index (χ4n) is 3.08. The number of hydrogen-bond acceptors (Lipinski definition) is 3. The smallest absolute Gasteiger partial charge is 0.254 e. The molecule has 3 N–H and O–H groups in total. The molecule has 1 heterocycles. The number of hydrogen-bond donors (Lipinski definition) is 3. The molecule has 1 aliphatic rings. The number of halogens is 1. The maximum Gasteiger partial charge on any atom is 0.254 e. The van der Waals surface area contributed by atoms with E-state index in [1.807, 2.05) is 30.3 Å². The molecule has 3 atom stereocenters. The molecule has 5 heteroatoms. The second-order valence-corrected chi connectivity index (χ2v) is 5.69. The molecule has 120 valence electrons. The van der Waals surface area contributed by atoms with Crippen LogP contribution in [0, 0.1) is 5.82 Å². The largest absolute Gasteiger partial charge is 0.395 e. The fraction of sp³-hybridized carbons (Fsp3) is 0.278. The highest BCUT2D eigenvalue weighted by atomic mass is 19.1. The van der Waals surface area contributed by atoms with Gasteiger partial charge in [0, 0.05) is 24.5 Å². The number of carbonyl (C=O) groups is 1. The lowest BCUT2D eigenvalue weighted by molar-refractivity contribution is 0.0906. The predicted octanol–water partition coefficient (Wildman–Crippen LogP) is 1.67. The van der Waals surface area contributed by atoms with Crippen LogP contribution in [0.25, 0.3) is 0 Å². The van der Waals surface area contributed by atoms with Gasteiger partial charge in [-0.15, -0.1) is 0 Å². The Morgan fingerprint density at radius 3 is 2.48 bits per heavy atom. The highest BCUT2D eigenvalue weighted by Gasteiger charge is 2.40. The van der Waals surface area contributed by atoms with Crippen LogP contribution >= 0.6 is 0 Å². The first kappa shape index (κ1) is 15.6. The van der Waals surface area contributed by atoms with Gasteiger partial charge in [-0.2, -0.15) is 0 Å². The van der Waals surface area contributed by atoms with Gasteiger partial charge >= 0.3 is 0 Å². The Labute approximate surface area is 134 Å². The van der Waals surface area contributed by atoms with E-state index >= 15 is 0 Å². The Balaban J connectivity index is 1.64. The Hall–Kier alpha value is -2.24. The van der Waals surface area contributed by atoms with Crippen LogP contribution < -0.4 is 10.6 Å². The van der Waals surface area contributed by atoms with Crippen LogP contribution in [0.4, 0.5) is 4.39 Å². The highest BCUT2D eigenvalue weighted by Crippen LogP contribution is 2.31. The molecule has 0 aliphatic carbocycles. The summed E-state index contributed by atoms with van der Waals surface area (Å²) in [5.74, 6) is -0.828. The van der Waals surface area contributed by atoms with Gasteiger partial charge < -0.3 is 15.7 Å². The van der Waals surface area contributed by atoms with Crippen molar-refractivity contribution in [1.29, 1.82) is 0 Å². The third-order valence-corrected chi connectivity index (χ3v) is 4.28. The first-order valence-corrected chi connectivity index (χ1v) is 7.65. The molecule has 2 aromatic carbocycles. The molecule has 3 rings (SSSR count). The molecular weight excluding hydrogens is 295 g/mol. The van der Waals surface area contributed by atoms with E-state index in [0.717, 1.165) is 5.56 Å². The second kappa shape index (κ2) is 6.89. The van der Waals surface area contributed by atoms with Crippen molar-refractivity contribution in [3.63, 3.8) is 0 Å². The quantitative estimate of drug-likeness (QED) is 0.787. The molecule has 0 bridgehead atoms. The fourth-order valence-corrected chi connectivity index (χ4v) is 3.08. The predicted molar refractivity (Wildman–Crippen MR) is 85.7 cm³/mol. The topological polar surface area (TPSA) is 61.4 Å². The minimum atomic E-state index is -0.528. The molecule has 0 aromatic heterocycles. The summed E-state index contributed by atoms with van der Waals surface area (Å²) in [5, 5.41) is 15.4. The number of carbonyl (C=O) groups excluding carboxylic acids is 1. The Kier molecular flexibility index (Phi) is 4.69. The lowest BCUT2D eigenvalue weighted by Crippen LogP contribution is -2.64. The van der Waals surface area contributed by atoms with Gasteiger partial charge in [-0.25, -0.2) is 4.39 Å². The first-order valence-electron chi connectivity index (χ1n) is 7.65. The van der Waals surface area contributed by atoms with Crippen molar-refractivity contribution in [2.75, 3.05) is 13.2 Å². The van der Waals surface area contributed by atoms with Crippen molar-refractivity contribution in [1.82, 2.24) is 10.6 Å². The van der Waals surface area contributed by atoms with Crippen molar-refractivity contribution in [2.45, 2.75) is 18.0 Å². The molecule has 0 spiro atoms. The summed E-state index contributed by atoms with van der Waals surface area (Å²) in [5.41, 5.74) is 1.16. The summed E-state index contributed by atoms with van der Waals surface area (Å²) in [7, 11) is 0. The van der Waals surface area contributed by atoms with E-state index in [1.165, 1.54) is 12.1 Å². The SMILES string of the molecule is O=C(NC[C@@H]1N[C@@H](CO)[C@@H]1c1ccccc1)c1ccccc1F. The zero-order valence-electron chi connectivity index (χ0n) is 12.6. The van der Waals surface area contributed by atoms with E-state index in [-0.39, 0.29) is 30.2 Å². The number of amides is 1. The lowest BCUT2D eigenvalue weighted by Gasteiger charge is -2.46. The van der Waals surface area contributed by atoms with Gasteiger partial charge in [0.15, 0.2) is 0 Å². The maximum atomic E-state index is 13.6. The van der Waals surface area contributed by atoms with E-state index in [9.17, 15) is 14.3 Å². The highest BCUT2D eigenvalue weighted by molar-refractivity contribution is 5.94. The van der Waals surface area contributed by atoms with Gasteiger partial charge in [-0.05, 0) is 17.7 Å². The maximum absolute atomic E-state index is 13.6. The van der Waals surface area contributed by atoms with Crippen LogP contribution in [0.15, 0.2) is 54.6 Å². The number of aliphatic hydroxyl groups is 1. The Morgan fingerprint density at radius 1 is 1.09 bits per heavy atom. The second-order valence-electron chi connectivity index (χ2n) is 5.69. The van der Waals surface area contributed by atoms with Crippen LogP contribution in [-0.4, -0.2) is 36.2 Å². The standard InChI is InChI=1S/C18H19FN2O2/c19-14-9-5-4-8-13(14)18(23)20-10-15-17(16(11-22)21-15)12-6-2-1-3-7-12/h1-9,15-17,21-22H,10-11H2,(H,20,23)/t15-,16-,17+/m0/s1. The van der Waals surface area contributed by atoms with Gasteiger partial charge in [0.1, 0.15) is 5.82 Å². The molecule has 23 heavy (non-hydrogen) atoms. The van der Waals surface area contributed by atoms with Crippen LogP contribution in [0.3, 0.4) is 0 Å². The summed E-state index contributed by atoms with van der Waals surface area (Å²) < 4.78 is 13.6. The summed E-state index contributed by atoms with van der Waals surface area (Å²) in [4.78, 5) is 12.1. The minimum Gasteiger partial charge on any atom is -0.395 e. The molecule has 1 aliphatic heterocycles. The van der Waals surface area contributed by atoms with Gasteiger partial charge in [-0.3, -0.25) is 4.79 Å². The average Bonchev–Trinajstić information content (AvgIpc) is 2.55. The van der Waals surface area contributed by atoms with Crippen molar-refractivity contribution in [2.24, 2.45) is 0 Å². The Bertz CT molecular complexity index is 678. The summed E-state index contributed by atoms with van der Waals surface area (Å²) in [6, 6.07) is 15.8.